The Bertz CT molecular complexity index is 1410. The van der Waals surface area contributed by atoms with Gasteiger partial charge in [0.05, 0.1) is 43.9 Å². The molecule has 0 aliphatic carbocycles. The fourth-order valence-corrected chi connectivity index (χ4v) is 4.16. The molecule has 174 valence electrons. The van der Waals surface area contributed by atoms with Gasteiger partial charge in [0, 0.05) is 53.6 Å². The van der Waals surface area contributed by atoms with Crippen LogP contribution in [0.4, 0.5) is 11.5 Å². The minimum Gasteiger partial charge on any atom is -0.494 e. The van der Waals surface area contributed by atoms with Crippen LogP contribution in [0, 0.1) is 6.92 Å². The van der Waals surface area contributed by atoms with E-state index in [0.717, 1.165) is 22.1 Å². The van der Waals surface area contributed by atoms with E-state index in [1.165, 1.54) is 13.2 Å². The standard InChI is InChI=1S/C25H24N4O5/c1-15-9-22(30)28-23-19(15)11-18(12-21(23)32-2)27-25(31)20-10-17(16-3-6-34-14-16)13-26-24(20)29-4-7-33-8-5-29/h3,6,9-14H,4-5,7-8H2,1-2H3,(H,27,31)(H,28,30). The monoisotopic (exact) mass is 460 g/mol. The van der Waals surface area contributed by atoms with E-state index >= 15 is 0 Å². The minimum atomic E-state index is -0.303. The van der Waals surface area contributed by atoms with Gasteiger partial charge in [0.15, 0.2) is 0 Å². The number of ether oxygens (including phenoxy) is 2. The van der Waals surface area contributed by atoms with Gasteiger partial charge in [0.25, 0.3) is 5.91 Å². The lowest BCUT2D eigenvalue weighted by molar-refractivity contribution is 0.102. The summed E-state index contributed by atoms with van der Waals surface area (Å²) in [6.45, 7) is 4.29. The normalized spacial score (nSPS) is 13.8. The number of aromatic nitrogens is 2. The number of fused-ring (bicyclic) bond motifs is 1. The Morgan fingerprint density at radius 1 is 1.18 bits per heavy atom. The smallest absolute Gasteiger partial charge is 0.259 e. The van der Waals surface area contributed by atoms with Gasteiger partial charge in [-0.05, 0) is 30.7 Å². The number of pyridine rings is 2. The van der Waals surface area contributed by atoms with E-state index in [-0.39, 0.29) is 11.5 Å². The maximum atomic E-state index is 13.5. The van der Waals surface area contributed by atoms with Gasteiger partial charge in [0.1, 0.15) is 11.6 Å². The van der Waals surface area contributed by atoms with E-state index in [9.17, 15) is 9.59 Å². The molecule has 1 saturated heterocycles. The molecule has 0 unspecified atom stereocenters. The molecule has 2 N–H and O–H groups in total. The van der Waals surface area contributed by atoms with Crippen molar-refractivity contribution in [2.45, 2.75) is 6.92 Å². The molecule has 0 radical (unpaired) electrons. The Morgan fingerprint density at radius 3 is 2.74 bits per heavy atom. The lowest BCUT2D eigenvalue weighted by Gasteiger charge is -2.29. The van der Waals surface area contributed by atoms with Crippen molar-refractivity contribution >= 4 is 28.3 Å². The Kier molecular flexibility index (Phi) is 5.77. The van der Waals surface area contributed by atoms with Gasteiger partial charge in [-0.3, -0.25) is 9.59 Å². The third-order valence-electron chi connectivity index (χ3n) is 5.88. The lowest BCUT2D eigenvalue weighted by atomic mass is 10.1. The van der Waals surface area contributed by atoms with E-state index < -0.39 is 0 Å². The number of anilines is 2. The maximum absolute atomic E-state index is 13.5. The van der Waals surface area contributed by atoms with Crippen LogP contribution >= 0.6 is 0 Å². The summed E-state index contributed by atoms with van der Waals surface area (Å²) in [5.74, 6) is 0.761. The lowest BCUT2D eigenvalue weighted by Crippen LogP contribution is -2.38. The van der Waals surface area contributed by atoms with Gasteiger partial charge in [-0.15, -0.1) is 0 Å². The van der Waals surface area contributed by atoms with Crippen molar-refractivity contribution in [1.82, 2.24) is 9.97 Å². The van der Waals surface area contributed by atoms with Crippen molar-refractivity contribution in [3.63, 3.8) is 0 Å². The SMILES string of the molecule is COc1cc(NC(=O)c2cc(-c3ccoc3)cnc2N2CCOCC2)cc2c(C)cc(=O)[nH]c12. The van der Waals surface area contributed by atoms with Gasteiger partial charge in [-0.25, -0.2) is 4.98 Å². The van der Waals surface area contributed by atoms with Crippen molar-refractivity contribution in [3.05, 3.63) is 70.5 Å². The van der Waals surface area contributed by atoms with Crippen molar-refractivity contribution in [2.75, 3.05) is 43.6 Å². The first kappa shape index (κ1) is 21.7. The predicted octanol–water partition coefficient (Wildman–Crippen LogP) is 3.59. The van der Waals surface area contributed by atoms with Gasteiger partial charge >= 0.3 is 0 Å². The number of aryl methyl sites for hydroxylation is 1. The second-order valence-electron chi connectivity index (χ2n) is 8.08. The average Bonchev–Trinajstić information content (AvgIpc) is 3.39. The van der Waals surface area contributed by atoms with Gasteiger partial charge in [-0.1, -0.05) is 0 Å². The number of carbonyl (C=O) groups excluding carboxylic acids is 1. The van der Waals surface area contributed by atoms with Crippen molar-refractivity contribution in [3.8, 4) is 16.9 Å². The summed E-state index contributed by atoms with van der Waals surface area (Å²) in [5.41, 5.74) is 3.76. The number of carbonyl (C=O) groups is 1. The number of hydrogen-bond acceptors (Lipinski definition) is 7. The number of nitrogens with zero attached hydrogens (tertiary/aromatic N) is 2. The predicted molar refractivity (Wildman–Crippen MR) is 129 cm³/mol. The number of amides is 1. The second kappa shape index (κ2) is 9.03. The molecule has 4 aromatic rings. The molecule has 0 spiro atoms. The highest BCUT2D eigenvalue weighted by Gasteiger charge is 2.22. The first-order chi connectivity index (χ1) is 16.5. The van der Waals surface area contributed by atoms with Crippen LogP contribution in [-0.2, 0) is 4.74 Å². The Balaban J connectivity index is 1.55. The first-order valence-corrected chi connectivity index (χ1v) is 10.9. The van der Waals surface area contributed by atoms with Crippen LogP contribution in [0.15, 0.2) is 58.3 Å². The number of morpholine rings is 1. The Morgan fingerprint density at radius 2 is 2.00 bits per heavy atom. The molecule has 1 aromatic carbocycles. The number of nitrogens with one attached hydrogen (secondary N) is 2. The molecule has 0 saturated carbocycles. The molecule has 34 heavy (non-hydrogen) atoms. The number of aromatic amines is 1. The fraction of sp³-hybridized carbons (Fsp3) is 0.240. The Labute approximate surface area is 195 Å². The molecule has 4 heterocycles. The summed E-state index contributed by atoms with van der Waals surface area (Å²) in [5, 5.41) is 3.77. The van der Waals surface area contributed by atoms with E-state index in [1.807, 2.05) is 30.0 Å². The number of furan rings is 1. The maximum Gasteiger partial charge on any atom is 0.259 e. The molecule has 1 aliphatic rings. The highest BCUT2D eigenvalue weighted by molar-refractivity contribution is 6.09. The molecule has 0 atom stereocenters. The van der Waals surface area contributed by atoms with Crippen LogP contribution in [0.3, 0.4) is 0 Å². The van der Waals surface area contributed by atoms with Crippen molar-refractivity contribution < 1.29 is 18.7 Å². The molecule has 1 aliphatic heterocycles. The van der Waals surface area contributed by atoms with Crippen LogP contribution in [0.2, 0.25) is 0 Å². The van der Waals surface area contributed by atoms with Crippen LogP contribution in [0.1, 0.15) is 15.9 Å². The fourth-order valence-electron chi connectivity index (χ4n) is 4.16. The summed E-state index contributed by atoms with van der Waals surface area (Å²) in [4.78, 5) is 35.0. The average molecular weight is 460 g/mol. The number of methoxy groups -OCH3 is 1. The number of hydrogen-bond donors (Lipinski definition) is 2. The largest absolute Gasteiger partial charge is 0.494 e. The minimum absolute atomic E-state index is 0.211. The second-order valence-corrected chi connectivity index (χ2v) is 8.08. The zero-order valence-corrected chi connectivity index (χ0v) is 18.9. The van der Waals surface area contributed by atoms with Crippen LogP contribution < -0.4 is 20.5 Å². The molecular formula is C25H24N4O5. The molecule has 1 fully saturated rings. The quantitative estimate of drug-likeness (QED) is 0.468. The highest BCUT2D eigenvalue weighted by Crippen LogP contribution is 2.31. The molecule has 5 rings (SSSR count). The summed E-state index contributed by atoms with van der Waals surface area (Å²) in [6, 6.07) is 8.67. The zero-order valence-electron chi connectivity index (χ0n) is 18.9. The number of benzene rings is 1. The van der Waals surface area contributed by atoms with Crippen molar-refractivity contribution in [1.29, 1.82) is 0 Å². The first-order valence-electron chi connectivity index (χ1n) is 10.9. The highest BCUT2D eigenvalue weighted by atomic mass is 16.5. The number of H-pyrrole nitrogens is 1. The summed E-state index contributed by atoms with van der Waals surface area (Å²) >= 11 is 0. The molecule has 0 bridgehead atoms. The molecular weight excluding hydrogens is 436 g/mol. The Hall–Kier alpha value is -4.11. The summed E-state index contributed by atoms with van der Waals surface area (Å²) in [7, 11) is 1.52. The zero-order chi connectivity index (χ0) is 23.7. The molecule has 1 amide bonds. The molecule has 9 nitrogen and oxygen atoms in total. The third kappa shape index (κ3) is 4.13. The van der Waals surface area contributed by atoms with Crippen LogP contribution in [-0.4, -0.2) is 49.3 Å². The topological polar surface area (TPSA) is 110 Å². The van der Waals surface area contributed by atoms with E-state index in [0.29, 0.717) is 54.6 Å². The molecule has 9 heteroatoms. The van der Waals surface area contributed by atoms with Gasteiger partial charge in [-0.2, -0.15) is 0 Å². The van der Waals surface area contributed by atoms with E-state index in [4.69, 9.17) is 13.9 Å². The number of rotatable bonds is 5. The molecule has 3 aromatic heterocycles. The third-order valence-corrected chi connectivity index (χ3v) is 5.88. The van der Waals surface area contributed by atoms with Gasteiger partial charge in [0.2, 0.25) is 5.56 Å². The van der Waals surface area contributed by atoms with Gasteiger partial charge < -0.3 is 29.1 Å². The summed E-state index contributed by atoms with van der Waals surface area (Å²) in [6.07, 6.45) is 4.94. The van der Waals surface area contributed by atoms with Crippen LogP contribution in [0.5, 0.6) is 5.75 Å². The van der Waals surface area contributed by atoms with Crippen molar-refractivity contribution in [2.24, 2.45) is 0 Å². The van der Waals surface area contributed by atoms with E-state index in [1.54, 1.807) is 24.8 Å². The summed E-state index contributed by atoms with van der Waals surface area (Å²) < 4.78 is 16.2. The van der Waals surface area contributed by atoms with Crippen LogP contribution in [0.25, 0.3) is 22.0 Å². The van der Waals surface area contributed by atoms with E-state index in [2.05, 4.69) is 15.3 Å².